The van der Waals surface area contributed by atoms with Gasteiger partial charge >= 0.3 is 12.1 Å². The van der Waals surface area contributed by atoms with E-state index < -0.39 is 47.3 Å². The van der Waals surface area contributed by atoms with Gasteiger partial charge in [0.25, 0.3) is 17.7 Å². The van der Waals surface area contributed by atoms with Crippen LogP contribution in [-0.4, -0.2) is 127 Å². The lowest BCUT2D eigenvalue weighted by Gasteiger charge is -2.69. The number of hydrogen-bond donors (Lipinski definition) is 3. The van der Waals surface area contributed by atoms with E-state index in [-0.39, 0.29) is 71.8 Å². The number of hydrogen-bond acceptors (Lipinski definition) is 15. The lowest BCUT2D eigenvalue weighted by molar-refractivity contribution is -0.248. The molecule has 3 aromatic carbocycles. The van der Waals surface area contributed by atoms with Crippen molar-refractivity contribution in [3.05, 3.63) is 136 Å². The van der Waals surface area contributed by atoms with Crippen molar-refractivity contribution in [1.82, 2.24) is 34.9 Å². The Balaban J connectivity index is 0.665. The van der Waals surface area contributed by atoms with E-state index in [1.54, 1.807) is 51.4 Å². The number of para-hydroxylation sites is 1. The number of amides is 5. The summed E-state index contributed by atoms with van der Waals surface area (Å²) >= 11 is 1.42. The summed E-state index contributed by atoms with van der Waals surface area (Å²) in [7, 11) is 1.69. The van der Waals surface area contributed by atoms with Crippen molar-refractivity contribution in [1.29, 1.82) is 0 Å². The first-order chi connectivity index (χ1) is 41.5. The van der Waals surface area contributed by atoms with Gasteiger partial charge in [0.05, 0.1) is 34.7 Å². The molecule has 20 nitrogen and oxygen atoms in total. The number of likely N-dealkylation sites (N-methyl/N-ethyl adjacent to an activating group) is 1. The molecule has 21 heteroatoms. The summed E-state index contributed by atoms with van der Waals surface area (Å²) in [5.74, 6) is -3.50. The van der Waals surface area contributed by atoms with Gasteiger partial charge in [-0.1, -0.05) is 80.6 Å². The molecule has 0 radical (unpaired) electrons. The van der Waals surface area contributed by atoms with Gasteiger partial charge in [0, 0.05) is 99.5 Å². The van der Waals surface area contributed by atoms with E-state index in [1.165, 1.54) is 16.2 Å². The predicted molar refractivity (Wildman–Crippen MR) is 326 cm³/mol. The zero-order valence-corrected chi connectivity index (χ0v) is 50.8. The molecule has 4 saturated carbocycles. The molecule has 2 unspecified atom stereocenters. The van der Waals surface area contributed by atoms with Gasteiger partial charge in [-0.15, -0.1) is 0 Å². The number of ketones is 2. The Hall–Kier alpha value is -8.43. The zero-order chi connectivity index (χ0) is 61.6. The molecular formula is C66H73N9O11S. The Labute approximate surface area is 508 Å². The number of carboxylic acids is 1. The molecule has 454 valence electrons. The summed E-state index contributed by atoms with van der Waals surface area (Å²) in [6.45, 7) is 12.2. The number of thiazole rings is 1. The van der Waals surface area contributed by atoms with Crippen LogP contribution in [0.2, 0.25) is 0 Å². The highest BCUT2D eigenvalue weighted by Gasteiger charge is 2.66. The number of ether oxygens (including phenoxy) is 2. The van der Waals surface area contributed by atoms with Crippen LogP contribution in [0.3, 0.4) is 0 Å². The van der Waals surface area contributed by atoms with Crippen molar-refractivity contribution in [2.24, 2.45) is 22.2 Å². The Kier molecular flexibility index (Phi) is 16.6. The van der Waals surface area contributed by atoms with Crippen LogP contribution < -0.4 is 15.5 Å². The van der Waals surface area contributed by atoms with Gasteiger partial charge in [0.1, 0.15) is 18.2 Å². The highest BCUT2D eigenvalue weighted by molar-refractivity contribution is 7.22. The molecular weight excluding hydrogens is 1130 g/mol. The number of carbonyl (C=O) groups is 8. The first kappa shape index (κ1) is 60.3. The average Bonchev–Trinajstić information content (AvgIpc) is 0.871. The smallest absolute Gasteiger partial charge is 0.409 e. The van der Waals surface area contributed by atoms with Crippen LogP contribution >= 0.6 is 11.3 Å². The maximum Gasteiger partial charge on any atom is 0.409 e. The number of carbonyl (C=O) groups excluding carboxylic acids is 7. The van der Waals surface area contributed by atoms with Crippen molar-refractivity contribution in [2.45, 2.75) is 130 Å². The first-order valence-electron chi connectivity index (χ1n) is 29.8. The molecule has 4 aliphatic carbocycles. The standard InChI is InChI=1S/C66H73N9O11S/c1-40(28-46(76)23-25-74-55(78)20-21-56(74)79)58(80)68-41(2)52(77)29-43-14-16-44(17-15-43)32-85-62(84)72(6)26-27-86-66-36-63(4)33-64(5,37-66)35-65(34-63,38-66)39-75-42(3)49(30-67-75)47-18-19-54(70-57(47)60(82)83)73-24-22-45-10-9-11-48(50(45)31-73)59(81)71-61-69-51-12-7-8-13-53(51)87-61/h7-21,30,40-41H,22-29,31-39H2,1-6H3,(H,68,80)(H,82,83)(H,69,71,81)/t40-,41+,63?,64?,65?,66?/m1/s1. The van der Waals surface area contributed by atoms with Crippen LogP contribution in [0.1, 0.15) is 128 Å². The number of Topliss-reactive ketones (excluding diaryl/α,β-unsaturated/α-hetero) is 2. The van der Waals surface area contributed by atoms with Crippen LogP contribution in [0.15, 0.2) is 97.2 Å². The number of carboxylic acid groups (broad SMARTS) is 1. The first-order valence-corrected chi connectivity index (χ1v) is 30.6. The molecule has 12 rings (SSSR count). The Morgan fingerprint density at radius 1 is 0.839 bits per heavy atom. The summed E-state index contributed by atoms with van der Waals surface area (Å²) in [6, 6.07) is 23.5. The molecule has 0 spiro atoms. The summed E-state index contributed by atoms with van der Waals surface area (Å²) < 4.78 is 15.7. The van der Waals surface area contributed by atoms with Crippen LogP contribution in [0, 0.1) is 29.1 Å². The van der Waals surface area contributed by atoms with Crippen molar-refractivity contribution in [2.75, 3.05) is 43.5 Å². The second-order valence-electron chi connectivity index (χ2n) is 25.7. The minimum absolute atomic E-state index is 0.0190. The van der Waals surface area contributed by atoms with Gasteiger partial charge in [-0.25, -0.2) is 19.6 Å². The fourth-order valence-corrected chi connectivity index (χ4v) is 16.0. The Morgan fingerprint density at radius 2 is 1.56 bits per heavy atom. The molecule has 2 aliphatic heterocycles. The van der Waals surface area contributed by atoms with Gasteiger partial charge in [-0.2, -0.15) is 5.10 Å². The number of nitrogens with one attached hydrogen (secondary N) is 2. The molecule has 4 atom stereocenters. The number of pyridine rings is 1. The molecule has 3 N–H and O–H groups in total. The quantitative estimate of drug-likeness (QED) is 0.0505. The predicted octanol–water partition coefficient (Wildman–Crippen LogP) is 9.31. The largest absolute Gasteiger partial charge is 0.476 e. The number of anilines is 2. The van der Waals surface area contributed by atoms with Gasteiger partial charge in [-0.05, 0) is 128 Å². The number of benzene rings is 3. The number of aromatic carboxylic acids is 1. The van der Waals surface area contributed by atoms with Crippen LogP contribution in [0.25, 0.3) is 21.3 Å². The molecule has 87 heavy (non-hydrogen) atoms. The molecule has 4 bridgehead atoms. The molecule has 0 saturated heterocycles. The van der Waals surface area contributed by atoms with Crippen LogP contribution in [-0.2, 0) is 66.0 Å². The number of fused-ring (bicyclic) bond motifs is 2. The van der Waals surface area contributed by atoms with E-state index in [1.807, 2.05) is 71.1 Å². The molecule has 3 aromatic heterocycles. The molecule has 5 heterocycles. The van der Waals surface area contributed by atoms with Crippen molar-refractivity contribution < 1.29 is 52.9 Å². The van der Waals surface area contributed by atoms with E-state index in [4.69, 9.17) is 19.6 Å². The third-order valence-electron chi connectivity index (χ3n) is 18.2. The minimum Gasteiger partial charge on any atom is -0.476 e. The van der Waals surface area contributed by atoms with Crippen LogP contribution in [0.5, 0.6) is 0 Å². The monoisotopic (exact) mass is 1200 g/mol. The summed E-state index contributed by atoms with van der Waals surface area (Å²) in [5, 5.41) is 21.8. The Morgan fingerprint density at radius 3 is 2.29 bits per heavy atom. The average molecular weight is 1200 g/mol. The highest BCUT2D eigenvalue weighted by Crippen LogP contribution is 2.72. The van der Waals surface area contributed by atoms with E-state index in [2.05, 4.69) is 29.5 Å². The zero-order valence-electron chi connectivity index (χ0n) is 50.0. The molecule has 6 aromatic rings. The number of aromatic nitrogens is 4. The van der Waals surface area contributed by atoms with Crippen molar-refractivity contribution in [3.63, 3.8) is 0 Å². The van der Waals surface area contributed by atoms with Gasteiger partial charge in [-0.3, -0.25) is 43.7 Å². The highest BCUT2D eigenvalue weighted by atomic mass is 32.1. The van der Waals surface area contributed by atoms with Gasteiger partial charge in [0.15, 0.2) is 16.6 Å². The second kappa shape index (κ2) is 24.0. The van der Waals surface area contributed by atoms with E-state index in [0.717, 1.165) is 88.2 Å². The van der Waals surface area contributed by atoms with E-state index in [0.29, 0.717) is 72.4 Å². The minimum atomic E-state index is -1.14. The molecule has 6 aliphatic rings. The summed E-state index contributed by atoms with van der Waals surface area (Å²) in [6.07, 6.45) is 9.90. The topological polar surface area (TPSA) is 253 Å². The third kappa shape index (κ3) is 13.0. The number of imide groups is 1. The maximum absolute atomic E-state index is 13.8. The fraction of sp³-hybridized carbons (Fsp3) is 0.439. The second-order valence-corrected chi connectivity index (χ2v) is 26.7. The van der Waals surface area contributed by atoms with Crippen molar-refractivity contribution >= 4 is 79.8 Å². The molecule has 5 amide bonds. The third-order valence-corrected chi connectivity index (χ3v) is 19.2. The summed E-state index contributed by atoms with van der Waals surface area (Å²) in [5.41, 5.74) is 6.24. The number of nitrogens with zero attached hydrogens (tertiary/aromatic N) is 7. The normalized spacial score (nSPS) is 22.5. The summed E-state index contributed by atoms with van der Waals surface area (Å²) in [4.78, 5) is 116. The number of rotatable bonds is 23. The molecule has 4 fully saturated rings. The van der Waals surface area contributed by atoms with Crippen LogP contribution in [0.4, 0.5) is 15.7 Å². The Bertz CT molecular complexity index is 3710. The SMILES string of the molecule is Cc1c(-c2ccc(N3CCc4cccc(C(=O)Nc5nc6ccccc6s5)c4C3)nc2C(=O)O)cnn1CC12CC3(C)CC(C)(C1)CC(OCCN(C)C(=O)OCc1ccc(CC(=O)[C@H](C)NC(=O)[C@H](C)CC(=O)CCN4C(=O)C=CC4=O)cc1)(C3)C2. The maximum atomic E-state index is 13.8. The van der Waals surface area contributed by atoms with E-state index >= 15 is 0 Å². The van der Waals surface area contributed by atoms with E-state index in [9.17, 15) is 43.5 Å². The van der Waals surface area contributed by atoms with Gasteiger partial charge in [0.2, 0.25) is 5.91 Å². The van der Waals surface area contributed by atoms with Crippen molar-refractivity contribution in [3.8, 4) is 11.1 Å². The van der Waals surface area contributed by atoms with Gasteiger partial charge < -0.3 is 29.7 Å². The lowest BCUT2D eigenvalue weighted by atomic mass is 9.39. The lowest BCUT2D eigenvalue weighted by Crippen LogP contribution is -2.64. The fourth-order valence-electron chi connectivity index (χ4n) is 15.1.